The van der Waals surface area contributed by atoms with E-state index in [4.69, 9.17) is 0 Å². The van der Waals surface area contributed by atoms with Crippen molar-refractivity contribution in [2.75, 3.05) is 18.4 Å². The zero-order valence-electron chi connectivity index (χ0n) is 15.0. The predicted molar refractivity (Wildman–Crippen MR) is 106 cm³/mol. The van der Waals surface area contributed by atoms with Gasteiger partial charge in [-0.2, -0.15) is 0 Å². The van der Waals surface area contributed by atoms with Crippen molar-refractivity contribution in [3.8, 4) is 0 Å². The minimum Gasteiger partial charge on any atom is -0.331 e. The second-order valence-corrected chi connectivity index (χ2v) is 6.92. The number of benzene rings is 1. The predicted octanol–water partition coefficient (Wildman–Crippen LogP) is 3.30. The maximum absolute atomic E-state index is 12.3. The molecule has 0 radical (unpaired) electrons. The van der Waals surface area contributed by atoms with Gasteiger partial charge in [-0.15, -0.1) is 0 Å². The fourth-order valence-corrected chi connectivity index (χ4v) is 3.31. The number of rotatable bonds is 3. The maximum atomic E-state index is 12.3. The van der Waals surface area contributed by atoms with E-state index in [9.17, 15) is 9.59 Å². The van der Waals surface area contributed by atoms with Crippen molar-refractivity contribution in [3.05, 3.63) is 70.9 Å². The van der Waals surface area contributed by atoms with Gasteiger partial charge in [0.15, 0.2) is 0 Å². The zero-order valence-corrected chi connectivity index (χ0v) is 15.0. The van der Waals surface area contributed by atoms with Crippen LogP contribution in [0.1, 0.15) is 29.5 Å². The van der Waals surface area contributed by atoms with Crippen molar-refractivity contribution in [3.63, 3.8) is 0 Å². The van der Waals surface area contributed by atoms with Gasteiger partial charge in [-0.1, -0.05) is 36.4 Å². The molecule has 5 heteroatoms. The average molecular weight is 359 g/mol. The molecule has 1 N–H and O–H groups in total. The fourth-order valence-electron chi connectivity index (χ4n) is 3.31. The lowest BCUT2D eigenvalue weighted by atomic mass is 10.0. The molecule has 2 aliphatic rings. The van der Waals surface area contributed by atoms with E-state index in [1.54, 1.807) is 18.3 Å². The molecule has 0 spiro atoms. The van der Waals surface area contributed by atoms with Crippen LogP contribution in [0.2, 0.25) is 0 Å². The van der Waals surface area contributed by atoms with Crippen molar-refractivity contribution in [2.45, 2.75) is 19.3 Å². The molecule has 0 atom stereocenters. The second kappa shape index (κ2) is 7.58. The van der Waals surface area contributed by atoms with Gasteiger partial charge in [0.2, 0.25) is 11.8 Å². The summed E-state index contributed by atoms with van der Waals surface area (Å²) < 4.78 is 0. The van der Waals surface area contributed by atoms with E-state index in [-0.39, 0.29) is 11.8 Å². The van der Waals surface area contributed by atoms with E-state index >= 15 is 0 Å². The smallest absolute Gasteiger partial charge is 0.247 e. The molecule has 0 saturated carbocycles. The minimum atomic E-state index is 0.00320. The molecule has 0 unspecified atom stereocenters. The Hall–Kier alpha value is -3.21. The number of carbonyl (C=O) groups is 2. The Morgan fingerprint density at radius 2 is 1.93 bits per heavy atom. The molecule has 2 aliphatic heterocycles. The Kier molecular flexibility index (Phi) is 4.83. The third-order valence-electron chi connectivity index (χ3n) is 4.78. The number of anilines is 1. The van der Waals surface area contributed by atoms with Crippen molar-refractivity contribution in [1.82, 2.24) is 9.88 Å². The average Bonchev–Trinajstić information content (AvgIpc) is 2.83. The van der Waals surface area contributed by atoms with E-state index in [0.29, 0.717) is 25.3 Å². The number of fused-ring (bicyclic) bond motifs is 1. The molecule has 1 saturated heterocycles. The van der Waals surface area contributed by atoms with E-state index < -0.39 is 0 Å². The molecule has 4 rings (SSSR count). The minimum absolute atomic E-state index is 0.00320. The molecule has 1 fully saturated rings. The number of nitrogens with zero attached hydrogens (tertiary/aromatic N) is 2. The topological polar surface area (TPSA) is 62.3 Å². The van der Waals surface area contributed by atoms with E-state index in [0.717, 1.165) is 24.0 Å². The molecule has 3 heterocycles. The summed E-state index contributed by atoms with van der Waals surface area (Å²) in [6.07, 6.45) is 9.36. The first kappa shape index (κ1) is 17.2. The van der Waals surface area contributed by atoms with Crippen LogP contribution in [0.3, 0.4) is 0 Å². The van der Waals surface area contributed by atoms with Crippen molar-refractivity contribution in [1.29, 1.82) is 0 Å². The summed E-state index contributed by atoms with van der Waals surface area (Å²) in [6, 6.07) is 12.1. The molecular weight excluding hydrogens is 338 g/mol. The fraction of sp³-hybridized carbons (Fsp3) is 0.227. The number of aromatic nitrogens is 1. The third kappa shape index (κ3) is 4.14. The van der Waals surface area contributed by atoms with Crippen LogP contribution in [0.15, 0.2) is 54.2 Å². The first-order valence-corrected chi connectivity index (χ1v) is 9.18. The van der Waals surface area contributed by atoms with Gasteiger partial charge < -0.3 is 10.2 Å². The summed E-state index contributed by atoms with van der Waals surface area (Å²) in [5.41, 5.74) is 4.31. The highest BCUT2D eigenvalue weighted by atomic mass is 16.2. The molecule has 2 aromatic rings. The number of carbonyl (C=O) groups excluding carboxylic acids is 2. The molecule has 136 valence electrons. The number of hydrogen-bond donors (Lipinski definition) is 1. The molecular formula is C22H21N3O2. The Labute approximate surface area is 158 Å². The maximum Gasteiger partial charge on any atom is 0.247 e. The quantitative estimate of drug-likeness (QED) is 0.856. The van der Waals surface area contributed by atoms with Gasteiger partial charge in [0, 0.05) is 31.8 Å². The summed E-state index contributed by atoms with van der Waals surface area (Å²) in [4.78, 5) is 30.0. The normalized spacial score (nSPS) is 16.4. The number of aryl methyl sites for hydroxylation is 1. The second-order valence-electron chi connectivity index (χ2n) is 6.92. The lowest BCUT2D eigenvalue weighted by molar-refractivity contribution is -0.127. The van der Waals surface area contributed by atoms with Crippen LogP contribution < -0.4 is 5.32 Å². The number of amides is 2. The van der Waals surface area contributed by atoms with Crippen molar-refractivity contribution >= 4 is 29.8 Å². The Bertz CT molecular complexity index is 924. The number of pyridine rings is 1. The van der Waals surface area contributed by atoms with Crippen LogP contribution in [0.25, 0.3) is 12.2 Å². The van der Waals surface area contributed by atoms with Gasteiger partial charge in [0.05, 0.1) is 0 Å². The van der Waals surface area contributed by atoms with Crippen LogP contribution >= 0.6 is 0 Å². The summed E-state index contributed by atoms with van der Waals surface area (Å²) >= 11 is 0. The van der Waals surface area contributed by atoms with Gasteiger partial charge in [-0.25, -0.2) is 4.98 Å². The largest absolute Gasteiger partial charge is 0.331 e. The molecule has 1 aromatic heterocycles. The van der Waals surface area contributed by atoms with Crippen molar-refractivity contribution in [2.24, 2.45) is 0 Å². The summed E-state index contributed by atoms with van der Waals surface area (Å²) in [5.74, 6) is 0.653. The monoisotopic (exact) mass is 359 g/mol. The molecule has 1 aromatic carbocycles. The molecule has 27 heavy (non-hydrogen) atoms. The molecule has 2 amide bonds. The van der Waals surface area contributed by atoms with Crippen molar-refractivity contribution < 1.29 is 9.59 Å². The number of likely N-dealkylation sites (tertiary alicyclic amines) is 1. The molecule has 0 aliphatic carbocycles. The van der Waals surface area contributed by atoms with Crippen LogP contribution in [-0.2, 0) is 16.0 Å². The third-order valence-corrected chi connectivity index (χ3v) is 4.78. The summed E-state index contributed by atoms with van der Waals surface area (Å²) in [7, 11) is 0. The van der Waals surface area contributed by atoms with E-state index in [2.05, 4.69) is 28.5 Å². The molecule has 5 nitrogen and oxygen atoms in total. The lowest BCUT2D eigenvalue weighted by Gasteiger charge is -2.33. The van der Waals surface area contributed by atoms with Crippen LogP contribution in [0.4, 0.5) is 5.82 Å². The van der Waals surface area contributed by atoms with Crippen LogP contribution in [0.5, 0.6) is 0 Å². The summed E-state index contributed by atoms with van der Waals surface area (Å²) in [5, 5.41) is 2.82. The first-order valence-electron chi connectivity index (χ1n) is 9.18. The van der Waals surface area contributed by atoms with Crippen LogP contribution in [-0.4, -0.2) is 34.8 Å². The van der Waals surface area contributed by atoms with Gasteiger partial charge in [-0.3, -0.25) is 9.59 Å². The highest BCUT2D eigenvalue weighted by Gasteiger charge is 2.23. The first-order chi connectivity index (χ1) is 13.2. The van der Waals surface area contributed by atoms with Gasteiger partial charge in [0.25, 0.3) is 0 Å². The van der Waals surface area contributed by atoms with E-state index in [1.165, 1.54) is 11.1 Å². The Morgan fingerprint density at radius 1 is 1.11 bits per heavy atom. The number of hydrogen-bond acceptors (Lipinski definition) is 3. The number of nitrogens with one attached hydrogen (secondary N) is 1. The Morgan fingerprint density at radius 3 is 2.74 bits per heavy atom. The highest BCUT2D eigenvalue weighted by molar-refractivity contribution is 5.94. The Balaban J connectivity index is 1.36. The van der Waals surface area contributed by atoms with Gasteiger partial charge in [-0.05, 0) is 47.2 Å². The molecule has 0 bridgehead atoms. The highest BCUT2D eigenvalue weighted by Crippen LogP contribution is 2.22. The summed E-state index contributed by atoms with van der Waals surface area (Å²) in [6.45, 7) is 1.35. The van der Waals surface area contributed by atoms with Gasteiger partial charge in [0.1, 0.15) is 5.82 Å². The van der Waals surface area contributed by atoms with E-state index in [1.807, 2.05) is 29.2 Å². The zero-order chi connectivity index (χ0) is 18.6. The van der Waals surface area contributed by atoms with Gasteiger partial charge >= 0.3 is 0 Å². The standard InChI is InChI=1S/C22H21N3O2/c26-20-8-4-7-19-12-17(13-23-22(19)24-20)9-10-21(27)25-14-18(15-25)11-16-5-2-1-3-6-16/h1-3,5-6,9-13H,4,7-8,14-15H2,(H,23,24,26)/b10-9+. The SMILES string of the molecule is O=C1CCCc2cc(/C=C/C(=O)N3CC(=Cc4ccccc4)C3)cnc2N1. The van der Waals surface area contributed by atoms with Crippen LogP contribution in [0, 0.1) is 0 Å². The lowest BCUT2D eigenvalue weighted by Crippen LogP contribution is -2.43.